The Morgan fingerprint density at radius 3 is 2.18 bits per heavy atom. The van der Waals surface area contributed by atoms with Crippen LogP contribution in [0.3, 0.4) is 0 Å². The summed E-state index contributed by atoms with van der Waals surface area (Å²) in [5.41, 5.74) is 4.93. The maximum atomic E-state index is 12.7. The van der Waals surface area contributed by atoms with Gasteiger partial charge in [0.15, 0.2) is 0 Å². The third-order valence-corrected chi connectivity index (χ3v) is 5.77. The fraction of sp³-hybridized carbons (Fsp3) is 0.0345. The van der Waals surface area contributed by atoms with Crippen LogP contribution in [-0.4, -0.2) is 23.9 Å². The summed E-state index contributed by atoms with van der Waals surface area (Å²) in [5, 5.41) is 9.06. The van der Waals surface area contributed by atoms with Gasteiger partial charge < -0.3 is 15.4 Å². The molecule has 38 heavy (non-hydrogen) atoms. The van der Waals surface area contributed by atoms with Crippen LogP contribution in [0.5, 0.6) is 5.75 Å². The van der Waals surface area contributed by atoms with Crippen molar-refractivity contribution < 1.29 is 19.1 Å². The molecule has 0 aliphatic heterocycles. The monoisotopic (exact) mass is 570 g/mol. The highest BCUT2D eigenvalue weighted by Gasteiger charge is 2.17. The van der Waals surface area contributed by atoms with Gasteiger partial charge in [-0.1, -0.05) is 58.4 Å². The number of rotatable bonds is 8. The number of benzene rings is 4. The van der Waals surface area contributed by atoms with E-state index in [1.165, 1.54) is 12.3 Å². The van der Waals surface area contributed by atoms with Crippen molar-refractivity contribution in [3.05, 3.63) is 124 Å². The maximum Gasteiger partial charge on any atom is 0.329 e. The number of hydrogen-bond donors (Lipinski definition) is 3. The first-order valence-corrected chi connectivity index (χ1v) is 12.3. The standard InChI is InChI=1S/C29H23BrN4O4/c30-22-12-14-23(15-13-22)32-27(35)25-8-4-5-9-26(25)33-28(36)29(37)34-31-18-20-10-16-24(17-11-20)38-19-21-6-2-1-3-7-21/h1-18H,19H2,(H,32,35)(H,33,36)(H,34,37). The van der Waals surface area contributed by atoms with Crippen LogP contribution in [0.1, 0.15) is 21.5 Å². The molecule has 3 amide bonds. The number of hydrogen-bond acceptors (Lipinski definition) is 5. The lowest BCUT2D eigenvalue weighted by molar-refractivity contribution is -0.136. The van der Waals surface area contributed by atoms with E-state index in [0.717, 1.165) is 10.0 Å². The lowest BCUT2D eigenvalue weighted by atomic mass is 10.1. The predicted octanol–water partition coefficient (Wildman–Crippen LogP) is 5.37. The van der Waals surface area contributed by atoms with Crippen LogP contribution in [0.2, 0.25) is 0 Å². The molecule has 0 atom stereocenters. The molecule has 0 aliphatic carbocycles. The minimum Gasteiger partial charge on any atom is -0.489 e. The van der Waals surface area contributed by atoms with Crippen LogP contribution >= 0.6 is 15.9 Å². The highest BCUT2D eigenvalue weighted by molar-refractivity contribution is 9.10. The van der Waals surface area contributed by atoms with Gasteiger partial charge in [-0.2, -0.15) is 5.10 Å². The number of para-hydroxylation sites is 1. The van der Waals surface area contributed by atoms with E-state index in [-0.39, 0.29) is 11.3 Å². The average Bonchev–Trinajstić information content (AvgIpc) is 2.94. The molecule has 0 aliphatic rings. The summed E-state index contributed by atoms with van der Waals surface area (Å²) in [7, 11) is 0. The predicted molar refractivity (Wildman–Crippen MR) is 150 cm³/mol. The molecule has 0 unspecified atom stereocenters. The fourth-order valence-corrected chi connectivity index (χ4v) is 3.57. The molecule has 0 spiro atoms. The van der Waals surface area contributed by atoms with Crippen molar-refractivity contribution in [2.75, 3.05) is 10.6 Å². The van der Waals surface area contributed by atoms with Crippen molar-refractivity contribution in [2.24, 2.45) is 5.10 Å². The minimum absolute atomic E-state index is 0.192. The van der Waals surface area contributed by atoms with Gasteiger partial charge in [0.05, 0.1) is 17.5 Å². The Hall–Kier alpha value is -4.76. The van der Waals surface area contributed by atoms with E-state index in [2.05, 4.69) is 37.1 Å². The second kappa shape index (κ2) is 13.0. The van der Waals surface area contributed by atoms with Crippen molar-refractivity contribution in [2.45, 2.75) is 6.61 Å². The first kappa shape index (κ1) is 26.3. The Balaban J connectivity index is 1.29. The highest BCUT2D eigenvalue weighted by Crippen LogP contribution is 2.19. The van der Waals surface area contributed by atoms with E-state index in [1.807, 2.05) is 30.3 Å². The molecular formula is C29H23BrN4O4. The lowest BCUT2D eigenvalue weighted by Crippen LogP contribution is -2.33. The van der Waals surface area contributed by atoms with Crippen molar-refractivity contribution in [1.82, 2.24) is 5.43 Å². The number of halogens is 1. The van der Waals surface area contributed by atoms with Gasteiger partial charge in [0.25, 0.3) is 5.91 Å². The van der Waals surface area contributed by atoms with Crippen LogP contribution in [-0.2, 0) is 16.2 Å². The number of amides is 3. The first-order valence-electron chi connectivity index (χ1n) is 11.5. The fourth-order valence-electron chi connectivity index (χ4n) is 3.31. The number of anilines is 2. The number of carbonyl (C=O) groups is 3. The van der Waals surface area contributed by atoms with Gasteiger partial charge in [-0.15, -0.1) is 0 Å². The third-order valence-electron chi connectivity index (χ3n) is 5.24. The molecule has 0 saturated carbocycles. The Labute approximate surface area is 227 Å². The third kappa shape index (κ3) is 7.62. The Morgan fingerprint density at radius 2 is 1.45 bits per heavy atom. The van der Waals surface area contributed by atoms with Crippen LogP contribution < -0.4 is 20.8 Å². The van der Waals surface area contributed by atoms with E-state index in [1.54, 1.807) is 66.7 Å². The highest BCUT2D eigenvalue weighted by atomic mass is 79.9. The maximum absolute atomic E-state index is 12.7. The molecular weight excluding hydrogens is 548 g/mol. The molecule has 0 aromatic heterocycles. The summed E-state index contributed by atoms with van der Waals surface area (Å²) in [6.45, 7) is 0.453. The molecule has 8 nitrogen and oxygen atoms in total. The minimum atomic E-state index is -0.979. The normalized spacial score (nSPS) is 10.6. The molecule has 0 bridgehead atoms. The lowest BCUT2D eigenvalue weighted by Gasteiger charge is -2.11. The van der Waals surface area contributed by atoms with Gasteiger partial charge in [-0.05, 0) is 71.8 Å². The molecule has 9 heteroatoms. The summed E-state index contributed by atoms with van der Waals surface area (Å²) < 4.78 is 6.62. The van der Waals surface area contributed by atoms with Gasteiger partial charge in [0.2, 0.25) is 0 Å². The number of carbonyl (C=O) groups excluding carboxylic acids is 3. The number of ether oxygens (including phenoxy) is 1. The van der Waals surface area contributed by atoms with Crippen molar-refractivity contribution in [3.63, 3.8) is 0 Å². The van der Waals surface area contributed by atoms with Crippen molar-refractivity contribution in [3.8, 4) is 5.75 Å². The molecule has 0 radical (unpaired) electrons. The Kier molecular flexibility index (Phi) is 8.98. The second-order valence-corrected chi connectivity index (χ2v) is 8.92. The molecule has 0 saturated heterocycles. The molecule has 0 fully saturated rings. The van der Waals surface area contributed by atoms with Gasteiger partial charge in [-0.25, -0.2) is 5.43 Å². The Bertz CT molecular complexity index is 1440. The van der Waals surface area contributed by atoms with Gasteiger partial charge in [0, 0.05) is 10.2 Å². The Morgan fingerprint density at radius 1 is 0.763 bits per heavy atom. The summed E-state index contributed by atoms with van der Waals surface area (Å²) in [6, 6.07) is 30.4. The zero-order valence-corrected chi connectivity index (χ0v) is 21.6. The molecule has 4 rings (SSSR count). The molecule has 3 N–H and O–H groups in total. The SMILES string of the molecule is O=C(NN=Cc1ccc(OCc2ccccc2)cc1)C(=O)Nc1ccccc1C(=O)Nc1ccc(Br)cc1. The van der Waals surface area contributed by atoms with Crippen molar-refractivity contribution >= 4 is 51.2 Å². The zero-order chi connectivity index (χ0) is 26.7. The van der Waals surface area contributed by atoms with E-state index in [9.17, 15) is 14.4 Å². The average molecular weight is 571 g/mol. The summed E-state index contributed by atoms with van der Waals surface area (Å²) in [5.74, 6) is -1.68. The van der Waals surface area contributed by atoms with E-state index in [4.69, 9.17) is 4.74 Å². The van der Waals surface area contributed by atoms with Crippen LogP contribution in [0.4, 0.5) is 11.4 Å². The topological polar surface area (TPSA) is 109 Å². The number of nitrogens with zero attached hydrogens (tertiary/aromatic N) is 1. The van der Waals surface area contributed by atoms with E-state index in [0.29, 0.717) is 23.6 Å². The quantitative estimate of drug-likeness (QED) is 0.150. The summed E-state index contributed by atoms with van der Waals surface area (Å²) in [4.78, 5) is 37.4. The largest absolute Gasteiger partial charge is 0.489 e. The number of nitrogens with one attached hydrogen (secondary N) is 3. The van der Waals surface area contributed by atoms with Crippen molar-refractivity contribution in [1.29, 1.82) is 0 Å². The van der Waals surface area contributed by atoms with E-state index < -0.39 is 17.7 Å². The molecule has 190 valence electrons. The van der Waals surface area contributed by atoms with Gasteiger partial charge >= 0.3 is 11.8 Å². The second-order valence-electron chi connectivity index (χ2n) is 8.00. The summed E-state index contributed by atoms with van der Waals surface area (Å²) >= 11 is 3.34. The van der Waals surface area contributed by atoms with Crippen LogP contribution in [0.15, 0.2) is 113 Å². The van der Waals surface area contributed by atoms with Gasteiger partial charge in [0.1, 0.15) is 12.4 Å². The van der Waals surface area contributed by atoms with E-state index >= 15 is 0 Å². The van der Waals surface area contributed by atoms with Crippen LogP contribution in [0, 0.1) is 0 Å². The first-order chi connectivity index (χ1) is 18.5. The molecule has 0 heterocycles. The smallest absolute Gasteiger partial charge is 0.329 e. The zero-order valence-electron chi connectivity index (χ0n) is 20.1. The number of hydrazone groups is 1. The summed E-state index contributed by atoms with van der Waals surface area (Å²) in [6.07, 6.45) is 1.41. The van der Waals surface area contributed by atoms with Gasteiger partial charge in [-0.3, -0.25) is 14.4 Å². The molecule has 4 aromatic rings. The van der Waals surface area contributed by atoms with Crippen LogP contribution in [0.25, 0.3) is 0 Å². The molecule has 4 aromatic carbocycles.